The quantitative estimate of drug-likeness (QED) is 0.426. The van der Waals surface area contributed by atoms with Crippen LogP contribution in [0.25, 0.3) is 0 Å². The predicted molar refractivity (Wildman–Crippen MR) is 160 cm³/mol. The highest BCUT2D eigenvalue weighted by molar-refractivity contribution is 6.30. The highest BCUT2D eigenvalue weighted by atomic mass is 35.5. The van der Waals surface area contributed by atoms with E-state index in [9.17, 15) is 14.4 Å². The van der Waals surface area contributed by atoms with Gasteiger partial charge in [0, 0.05) is 62.8 Å². The summed E-state index contributed by atoms with van der Waals surface area (Å²) in [6.45, 7) is 1.69. The zero-order chi connectivity index (χ0) is 30.7. The fourth-order valence-corrected chi connectivity index (χ4v) is 6.23. The van der Waals surface area contributed by atoms with Crippen molar-refractivity contribution in [2.24, 2.45) is 13.0 Å². The minimum Gasteiger partial charge on any atom is -0.497 e. The van der Waals surface area contributed by atoms with Crippen LogP contribution in [-0.4, -0.2) is 78.5 Å². The molecule has 0 saturated carbocycles. The third-order valence-corrected chi connectivity index (χ3v) is 8.63. The van der Waals surface area contributed by atoms with E-state index in [-0.39, 0.29) is 24.1 Å². The number of halogens is 2. The highest BCUT2D eigenvalue weighted by Gasteiger charge is 2.43. The van der Waals surface area contributed by atoms with E-state index < -0.39 is 23.7 Å². The van der Waals surface area contributed by atoms with E-state index in [4.69, 9.17) is 21.1 Å². The van der Waals surface area contributed by atoms with E-state index in [1.165, 1.54) is 31.0 Å². The largest absolute Gasteiger partial charge is 0.497 e. The lowest BCUT2D eigenvalue weighted by atomic mass is 9.87. The number of methoxy groups -OCH3 is 2. The summed E-state index contributed by atoms with van der Waals surface area (Å²) < 4.78 is 26.9. The first-order valence-corrected chi connectivity index (χ1v) is 14.6. The Bertz CT molecular complexity index is 1530. The van der Waals surface area contributed by atoms with Crippen molar-refractivity contribution in [3.63, 3.8) is 0 Å². The van der Waals surface area contributed by atoms with Crippen molar-refractivity contribution in [3.8, 4) is 5.75 Å². The number of nitrogens with zero attached hydrogens (tertiary/aromatic N) is 5. The maximum atomic E-state index is 15.4. The number of carbonyl (C=O) groups excluding carboxylic acids is 2. The van der Waals surface area contributed by atoms with Gasteiger partial charge in [0.1, 0.15) is 17.4 Å². The van der Waals surface area contributed by atoms with E-state index in [0.717, 1.165) is 5.56 Å². The Morgan fingerprint density at radius 1 is 1.00 bits per heavy atom. The maximum Gasteiger partial charge on any atom is 0.410 e. The van der Waals surface area contributed by atoms with Crippen LogP contribution in [-0.2, 0) is 16.6 Å². The van der Waals surface area contributed by atoms with Gasteiger partial charge < -0.3 is 19.3 Å². The van der Waals surface area contributed by atoms with Crippen LogP contribution < -0.4 is 15.2 Å². The van der Waals surface area contributed by atoms with Crippen LogP contribution in [0.15, 0.2) is 59.4 Å². The molecule has 0 spiro atoms. The lowest BCUT2D eigenvalue weighted by Gasteiger charge is -2.37. The van der Waals surface area contributed by atoms with Gasteiger partial charge in [-0.25, -0.2) is 13.9 Å². The molecule has 0 radical (unpaired) electrons. The van der Waals surface area contributed by atoms with Crippen LogP contribution in [0, 0.1) is 11.7 Å². The number of hydrogen-bond donors (Lipinski definition) is 0. The minimum absolute atomic E-state index is 0.123. The zero-order valence-electron chi connectivity index (χ0n) is 24.4. The first kappa shape index (κ1) is 30.3. The van der Waals surface area contributed by atoms with Gasteiger partial charge in [-0.3, -0.25) is 14.5 Å². The number of carbonyl (C=O) groups is 2. The number of amides is 2. The Balaban J connectivity index is 1.42. The lowest BCUT2D eigenvalue weighted by Crippen LogP contribution is -2.47. The number of ether oxygens (including phenoxy) is 2. The Labute approximate surface area is 254 Å². The van der Waals surface area contributed by atoms with Gasteiger partial charge in [0.15, 0.2) is 0 Å². The standard InChI is InChI=1S/C31H35ClFN5O5/c1-35-29(39)13-12-28(34-35)37-18-24(23-11-10-22(42-2)17-26(23)33)25(19-37)30(40)36-14-4-5-27(20-6-8-21(32)9-7-20)38(16-15-36)31(41)43-3/h6-13,17,24-25,27H,4-5,14-16,18-19H2,1-3H3/t24-,25+,27?/m0/s1. The number of hydrogen-bond acceptors (Lipinski definition) is 7. The number of anilines is 1. The van der Waals surface area contributed by atoms with Crippen LogP contribution in [0.2, 0.25) is 5.02 Å². The average Bonchev–Trinajstić information content (AvgIpc) is 3.43. The van der Waals surface area contributed by atoms with Gasteiger partial charge in [-0.1, -0.05) is 29.8 Å². The van der Waals surface area contributed by atoms with Crippen molar-refractivity contribution in [1.29, 1.82) is 0 Å². The molecular formula is C31H35ClFN5O5. The van der Waals surface area contributed by atoms with E-state index in [1.807, 2.05) is 17.0 Å². The van der Waals surface area contributed by atoms with Gasteiger partial charge in [-0.2, -0.15) is 5.10 Å². The lowest BCUT2D eigenvalue weighted by molar-refractivity contribution is -0.136. The average molecular weight is 612 g/mol. The molecule has 2 saturated heterocycles. The molecule has 1 aromatic heterocycles. The number of benzene rings is 2. The second-order valence-corrected chi connectivity index (χ2v) is 11.3. The van der Waals surface area contributed by atoms with Crippen molar-refractivity contribution < 1.29 is 23.5 Å². The Morgan fingerprint density at radius 2 is 1.77 bits per heavy atom. The fourth-order valence-electron chi connectivity index (χ4n) is 6.10. The number of aryl methyl sites for hydroxylation is 1. The second-order valence-electron chi connectivity index (χ2n) is 10.9. The Morgan fingerprint density at radius 3 is 2.44 bits per heavy atom. The number of aromatic nitrogens is 2. The summed E-state index contributed by atoms with van der Waals surface area (Å²) in [4.78, 5) is 44.4. The second kappa shape index (κ2) is 13.0. The summed E-state index contributed by atoms with van der Waals surface area (Å²) in [6.07, 6.45) is 0.795. The van der Waals surface area contributed by atoms with E-state index in [2.05, 4.69) is 5.10 Å². The highest BCUT2D eigenvalue weighted by Crippen LogP contribution is 2.38. The fraction of sp³-hybridized carbons (Fsp3) is 0.419. The Kier molecular flexibility index (Phi) is 9.19. The van der Waals surface area contributed by atoms with Crippen LogP contribution >= 0.6 is 11.6 Å². The van der Waals surface area contributed by atoms with Crippen molar-refractivity contribution >= 4 is 29.4 Å². The summed E-state index contributed by atoms with van der Waals surface area (Å²) in [5, 5.41) is 4.98. The van der Waals surface area contributed by atoms with Gasteiger partial charge >= 0.3 is 6.09 Å². The third kappa shape index (κ3) is 6.46. The molecule has 1 unspecified atom stereocenters. The molecule has 2 aliphatic rings. The third-order valence-electron chi connectivity index (χ3n) is 8.38. The SMILES string of the molecule is COC(=O)N1CCN(C(=O)[C@@H]2CN(c3ccc(=O)n(C)n3)C[C@H]2c2ccc(OC)cc2F)CCCC1c1ccc(Cl)cc1. The molecular weight excluding hydrogens is 577 g/mol. The monoisotopic (exact) mass is 611 g/mol. The molecule has 2 amide bonds. The van der Waals surface area contributed by atoms with Crippen molar-refractivity contribution in [2.45, 2.75) is 24.8 Å². The molecule has 2 aliphatic heterocycles. The summed E-state index contributed by atoms with van der Waals surface area (Å²) in [7, 11) is 4.38. The minimum atomic E-state index is -0.583. The molecule has 0 aliphatic carbocycles. The first-order valence-electron chi connectivity index (χ1n) is 14.2. The molecule has 2 aromatic carbocycles. The van der Waals surface area contributed by atoms with Crippen LogP contribution in [0.4, 0.5) is 15.0 Å². The summed E-state index contributed by atoms with van der Waals surface area (Å²) in [5.74, 6) is -0.705. The molecule has 0 N–H and O–H groups in total. The molecule has 43 heavy (non-hydrogen) atoms. The summed E-state index contributed by atoms with van der Waals surface area (Å²) in [6, 6.07) is 14.9. The zero-order valence-corrected chi connectivity index (χ0v) is 25.2. The first-order chi connectivity index (χ1) is 20.7. The normalized spacial score (nSPS) is 20.9. The van der Waals surface area contributed by atoms with Crippen molar-refractivity contribution in [2.75, 3.05) is 51.8 Å². The predicted octanol–water partition coefficient (Wildman–Crippen LogP) is 4.23. The molecule has 3 aromatic rings. The molecule has 10 nitrogen and oxygen atoms in total. The Hall–Kier alpha value is -4.12. The topological polar surface area (TPSA) is 97.2 Å². The van der Waals surface area contributed by atoms with Gasteiger partial charge in [0.25, 0.3) is 5.56 Å². The molecule has 5 rings (SSSR count). The van der Waals surface area contributed by atoms with Crippen LogP contribution in [0.3, 0.4) is 0 Å². The van der Waals surface area contributed by atoms with Gasteiger partial charge in [-0.15, -0.1) is 0 Å². The molecule has 3 heterocycles. The van der Waals surface area contributed by atoms with Gasteiger partial charge in [0.05, 0.1) is 26.2 Å². The van der Waals surface area contributed by atoms with Crippen LogP contribution in [0.1, 0.15) is 35.9 Å². The molecule has 3 atom stereocenters. The van der Waals surface area contributed by atoms with E-state index in [0.29, 0.717) is 61.2 Å². The molecule has 0 bridgehead atoms. The molecule has 2 fully saturated rings. The summed E-state index contributed by atoms with van der Waals surface area (Å²) >= 11 is 6.09. The smallest absolute Gasteiger partial charge is 0.410 e. The van der Waals surface area contributed by atoms with Crippen LogP contribution in [0.5, 0.6) is 5.75 Å². The van der Waals surface area contributed by atoms with Gasteiger partial charge in [-0.05, 0) is 48.2 Å². The van der Waals surface area contributed by atoms with Crippen molar-refractivity contribution in [3.05, 3.63) is 86.9 Å². The van der Waals surface area contributed by atoms with E-state index >= 15 is 4.39 Å². The van der Waals surface area contributed by atoms with Crippen molar-refractivity contribution in [1.82, 2.24) is 19.6 Å². The number of rotatable bonds is 5. The molecule has 12 heteroatoms. The molecule has 228 valence electrons. The van der Waals surface area contributed by atoms with E-state index in [1.54, 1.807) is 47.2 Å². The summed E-state index contributed by atoms with van der Waals surface area (Å²) in [5.41, 5.74) is 1.11. The van der Waals surface area contributed by atoms with Gasteiger partial charge in [0.2, 0.25) is 5.91 Å². The maximum absolute atomic E-state index is 15.4.